The van der Waals surface area contributed by atoms with E-state index in [2.05, 4.69) is 12.6 Å². The number of benzene rings is 2. The van der Waals surface area contributed by atoms with Crippen LogP contribution in [0.1, 0.15) is 5.71 Å². The fourth-order valence-corrected chi connectivity index (χ4v) is 1.43. The van der Waals surface area contributed by atoms with Gasteiger partial charge in [-0.3, -0.25) is 0 Å². The molecule has 0 N–H and O–H groups in total. The minimum atomic E-state index is 0. The molecule has 84 valence electrons. The van der Waals surface area contributed by atoms with Crippen LogP contribution in [0.3, 0.4) is 0 Å². The first-order valence-corrected chi connectivity index (χ1v) is 5.29. The summed E-state index contributed by atoms with van der Waals surface area (Å²) in [6, 6.07) is 14.8. The molecule has 0 saturated carbocycles. The third-order valence-electron chi connectivity index (χ3n) is 1.89. The van der Waals surface area contributed by atoms with E-state index in [1.165, 1.54) is 0 Å². The first-order valence-electron chi connectivity index (χ1n) is 4.46. The van der Waals surface area contributed by atoms with Crippen LogP contribution < -0.4 is 23.6 Å². The molecule has 0 aliphatic heterocycles. The maximum absolute atomic E-state index is 5.77. The predicted molar refractivity (Wildman–Crippen MR) is 75.4 cm³/mol. The van der Waals surface area contributed by atoms with Crippen LogP contribution in [0.25, 0.3) is 0 Å². The minimum Gasteiger partial charge on any atom is -1.00 e. The summed E-state index contributed by atoms with van der Waals surface area (Å²) >= 11 is 9.97. The first-order chi connectivity index (χ1) is 7.24. The third-order valence-corrected chi connectivity index (χ3v) is 2.44. The van der Waals surface area contributed by atoms with E-state index in [1.54, 1.807) is 12.1 Å². The Balaban J connectivity index is -0.000000142. The van der Waals surface area contributed by atoms with Crippen molar-refractivity contribution in [2.75, 3.05) is 0 Å². The molecular formula is C12H13AlClLiOS. The van der Waals surface area contributed by atoms with Gasteiger partial charge in [0, 0.05) is 9.92 Å². The molecule has 0 saturated heterocycles. The van der Waals surface area contributed by atoms with Crippen molar-refractivity contribution in [1.29, 1.82) is 0 Å². The SMILES string of the molecule is Sc1ccc(Oc2ccc(Cl)cc2)cc1.[Al+3].[H-].[H-].[H-].[H-].[Li+]. The molecule has 1 nitrogen and oxygen atoms in total. The summed E-state index contributed by atoms with van der Waals surface area (Å²) in [6.07, 6.45) is 0. The summed E-state index contributed by atoms with van der Waals surface area (Å²) in [6.45, 7) is 0. The van der Waals surface area contributed by atoms with Gasteiger partial charge in [-0.25, -0.2) is 0 Å². The Bertz CT molecular complexity index is 418. The molecule has 0 unspecified atom stereocenters. The van der Waals surface area contributed by atoms with Gasteiger partial charge < -0.3 is 10.4 Å². The average molecular weight is 275 g/mol. The van der Waals surface area contributed by atoms with Crippen molar-refractivity contribution in [2.24, 2.45) is 0 Å². The summed E-state index contributed by atoms with van der Waals surface area (Å²) in [7, 11) is 0. The van der Waals surface area contributed by atoms with Crippen LogP contribution in [0, 0.1) is 0 Å². The molecule has 0 heterocycles. The molecule has 2 aromatic carbocycles. The van der Waals surface area contributed by atoms with E-state index in [0.29, 0.717) is 5.02 Å². The van der Waals surface area contributed by atoms with Crippen LogP contribution in [0.15, 0.2) is 53.4 Å². The second kappa shape index (κ2) is 8.17. The van der Waals surface area contributed by atoms with Crippen LogP contribution in [-0.2, 0) is 0 Å². The summed E-state index contributed by atoms with van der Waals surface area (Å²) in [4.78, 5) is 0.915. The van der Waals surface area contributed by atoms with Gasteiger partial charge in [-0.05, 0) is 48.5 Å². The van der Waals surface area contributed by atoms with Gasteiger partial charge in [0.25, 0.3) is 0 Å². The molecule has 0 aliphatic carbocycles. The molecule has 17 heavy (non-hydrogen) atoms. The van der Waals surface area contributed by atoms with Crippen molar-refractivity contribution in [3.63, 3.8) is 0 Å². The zero-order valence-corrected chi connectivity index (χ0v) is 12.2. The van der Waals surface area contributed by atoms with Gasteiger partial charge in [-0.15, -0.1) is 12.6 Å². The second-order valence-corrected chi connectivity index (χ2v) is 4.00. The van der Waals surface area contributed by atoms with Gasteiger partial charge in [0.2, 0.25) is 0 Å². The monoisotopic (exact) mass is 274 g/mol. The molecule has 0 fully saturated rings. The van der Waals surface area contributed by atoms with Crippen molar-refractivity contribution in [3.8, 4) is 11.5 Å². The molecule has 0 radical (unpaired) electrons. The van der Waals surface area contributed by atoms with Crippen LogP contribution in [0.2, 0.25) is 5.02 Å². The van der Waals surface area contributed by atoms with E-state index in [1.807, 2.05) is 36.4 Å². The Hall–Kier alpha value is 0.00987. The van der Waals surface area contributed by atoms with Crippen molar-refractivity contribution in [1.82, 2.24) is 0 Å². The van der Waals surface area contributed by atoms with Gasteiger partial charge >= 0.3 is 36.2 Å². The molecule has 2 aromatic rings. The second-order valence-electron chi connectivity index (χ2n) is 3.05. The van der Waals surface area contributed by atoms with Crippen LogP contribution >= 0.6 is 24.2 Å². The largest absolute Gasteiger partial charge is 3.00 e. The maximum Gasteiger partial charge on any atom is 3.00 e. The van der Waals surface area contributed by atoms with Crippen molar-refractivity contribution >= 4 is 41.6 Å². The quantitative estimate of drug-likeness (QED) is 0.645. The smallest absolute Gasteiger partial charge is 1.00 e. The van der Waals surface area contributed by atoms with E-state index in [0.717, 1.165) is 16.4 Å². The van der Waals surface area contributed by atoms with Crippen molar-refractivity contribution < 1.29 is 29.3 Å². The maximum atomic E-state index is 5.77. The van der Waals surface area contributed by atoms with E-state index >= 15 is 0 Å². The van der Waals surface area contributed by atoms with Gasteiger partial charge in [0.1, 0.15) is 11.5 Å². The number of hydrogen-bond donors (Lipinski definition) is 1. The van der Waals surface area contributed by atoms with E-state index in [-0.39, 0.29) is 41.9 Å². The number of thiol groups is 1. The van der Waals surface area contributed by atoms with Crippen LogP contribution in [0.5, 0.6) is 11.5 Å². The summed E-state index contributed by atoms with van der Waals surface area (Å²) < 4.78 is 5.60. The average Bonchev–Trinajstić information content (AvgIpc) is 2.25. The van der Waals surface area contributed by atoms with Crippen LogP contribution in [0.4, 0.5) is 0 Å². The van der Waals surface area contributed by atoms with Gasteiger partial charge in [-0.1, -0.05) is 11.6 Å². The summed E-state index contributed by atoms with van der Waals surface area (Å²) in [5.41, 5.74) is 0. The Morgan fingerprint density at radius 3 is 1.76 bits per heavy atom. The molecule has 5 heteroatoms. The Kier molecular flexibility index (Phi) is 8.18. The van der Waals surface area contributed by atoms with Crippen molar-refractivity contribution in [2.45, 2.75) is 4.90 Å². The first kappa shape index (κ1) is 17.0. The zero-order valence-electron chi connectivity index (χ0n) is 13.4. The number of rotatable bonds is 2. The van der Waals surface area contributed by atoms with Crippen LogP contribution in [-0.4, -0.2) is 17.4 Å². The third kappa shape index (κ3) is 5.45. The Morgan fingerprint density at radius 1 is 0.882 bits per heavy atom. The van der Waals surface area contributed by atoms with Gasteiger partial charge in [-0.2, -0.15) is 0 Å². The Morgan fingerprint density at radius 2 is 1.29 bits per heavy atom. The van der Waals surface area contributed by atoms with Gasteiger partial charge in [0.15, 0.2) is 0 Å². The number of ether oxygens (including phenoxy) is 1. The predicted octanol–water partition coefficient (Wildman–Crippen LogP) is 1.49. The standard InChI is InChI=1S/C12H9ClOS.Al.Li.4H/c13-9-1-3-10(4-2-9)14-11-5-7-12(15)8-6-11;;;;;;/h1-8,15H;;;;;;/q;+3;+1;4*-1. The topological polar surface area (TPSA) is 9.23 Å². The molecule has 0 aromatic heterocycles. The van der Waals surface area contributed by atoms with E-state index < -0.39 is 0 Å². The Labute approximate surface area is 140 Å². The molecule has 0 bridgehead atoms. The normalized spacial score (nSPS) is 8.82. The summed E-state index contributed by atoms with van der Waals surface area (Å²) in [5, 5.41) is 0.702. The zero-order chi connectivity index (χ0) is 10.7. The summed E-state index contributed by atoms with van der Waals surface area (Å²) in [5.74, 6) is 1.56. The molecule has 0 amide bonds. The molecule has 0 atom stereocenters. The number of halogens is 1. The molecule has 0 aliphatic rings. The number of hydrogen-bond acceptors (Lipinski definition) is 2. The molecule has 0 spiro atoms. The van der Waals surface area contributed by atoms with Gasteiger partial charge in [0.05, 0.1) is 0 Å². The molecular weight excluding hydrogens is 262 g/mol. The minimum absolute atomic E-state index is 0. The fourth-order valence-electron chi connectivity index (χ4n) is 1.15. The molecule has 2 rings (SSSR count). The van der Waals surface area contributed by atoms with E-state index in [4.69, 9.17) is 16.3 Å². The van der Waals surface area contributed by atoms with Crippen molar-refractivity contribution in [3.05, 3.63) is 53.6 Å². The fraction of sp³-hybridized carbons (Fsp3) is 0. The van der Waals surface area contributed by atoms with E-state index in [9.17, 15) is 0 Å².